The van der Waals surface area contributed by atoms with E-state index in [0.717, 1.165) is 17.0 Å². The molecule has 3 rings (SSSR count). The van der Waals surface area contributed by atoms with Crippen LogP contribution in [0.2, 0.25) is 0 Å². The molecule has 0 radical (unpaired) electrons. The highest BCUT2D eigenvalue weighted by Crippen LogP contribution is 2.32. The largest absolute Gasteiger partial charge is 0.496 e. The first-order valence-electron chi connectivity index (χ1n) is 7.68. The number of carbonyl (C=O) groups is 2. The zero-order chi connectivity index (χ0) is 18.9. The van der Waals surface area contributed by atoms with Crippen molar-refractivity contribution in [2.24, 2.45) is 0 Å². The monoisotopic (exact) mass is 414 g/mol. The van der Waals surface area contributed by atoms with E-state index in [0.29, 0.717) is 28.0 Å². The van der Waals surface area contributed by atoms with Crippen molar-refractivity contribution in [2.45, 2.75) is 0 Å². The van der Waals surface area contributed by atoms with Gasteiger partial charge in [0.05, 0.1) is 12.7 Å². The highest BCUT2D eigenvalue weighted by molar-refractivity contribution is 9.10. The fourth-order valence-corrected chi connectivity index (χ4v) is 2.72. The van der Waals surface area contributed by atoms with Gasteiger partial charge >= 0.3 is 0 Å². The minimum Gasteiger partial charge on any atom is -0.496 e. The molecular formula is C21H16BrFO3. The van der Waals surface area contributed by atoms with Crippen LogP contribution in [0.5, 0.6) is 5.75 Å². The second-order valence-corrected chi connectivity index (χ2v) is 6.15. The molecule has 0 amide bonds. The highest BCUT2D eigenvalue weighted by Gasteiger charge is 2.11. The average Bonchev–Trinajstić information content (AvgIpc) is 2.68. The number of hydrogen-bond donors (Lipinski definition) is 0. The topological polar surface area (TPSA) is 43.4 Å². The van der Waals surface area contributed by atoms with Gasteiger partial charge in [-0.2, -0.15) is 0 Å². The van der Waals surface area contributed by atoms with Crippen LogP contribution in [0.4, 0.5) is 4.39 Å². The fraction of sp³-hybridized carbons (Fsp3) is 0.0476. The summed E-state index contributed by atoms with van der Waals surface area (Å²) in [6.07, 6.45) is 1.56. The van der Waals surface area contributed by atoms with Crippen LogP contribution in [-0.4, -0.2) is 19.7 Å². The van der Waals surface area contributed by atoms with Crippen molar-refractivity contribution in [3.05, 3.63) is 88.1 Å². The van der Waals surface area contributed by atoms with Gasteiger partial charge in [0.15, 0.2) is 0 Å². The Morgan fingerprint density at radius 1 is 0.885 bits per heavy atom. The summed E-state index contributed by atoms with van der Waals surface area (Å²) in [6, 6.07) is 18.6. The molecular weight excluding hydrogens is 399 g/mol. The number of aldehydes is 2. The molecule has 0 aliphatic rings. The fourth-order valence-electron chi connectivity index (χ4n) is 2.30. The lowest BCUT2D eigenvalue weighted by molar-refractivity contribution is 0.111. The molecule has 5 heteroatoms. The molecule has 0 bridgehead atoms. The zero-order valence-electron chi connectivity index (χ0n) is 14.0. The van der Waals surface area contributed by atoms with Crippen LogP contribution in [0.25, 0.3) is 11.1 Å². The van der Waals surface area contributed by atoms with Gasteiger partial charge in [-0.1, -0.05) is 52.3 Å². The normalized spacial score (nSPS) is 9.65. The number of carbonyl (C=O) groups excluding carboxylic acids is 2. The Kier molecular flexibility index (Phi) is 7.24. The van der Waals surface area contributed by atoms with Gasteiger partial charge in [0.1, 0.15) is 24.1 Å². The van der Waals surface area contributed by atoms with E-state index in [1.165, 1.54) is 13.2 Å². The summed E-state index contributed by atoms with van der Waals surface area (Å²) in [6.45, 7) is 0. The third-order valence-corrected chi connectivity index (χ3v) is 3.98. The van der Waals surface area contributed by atoms with Gasteiger partial charge in [-0.25, -0.2) is 4.39 Å². The number of ether oxygens (including phenoxy) is 1. The predicted octanol–water partition coefficient (Wildman–Crippen LogP) is 5.58. The Labute approximate surface area is 159 Å². The molecule has 0 atom stereocenters. The summed E-state index contributed by atoms with van der Waals surface area (Å²) < 4.78 is 19.9. The van der Waals surface area contributed by atoms with Gasteiger partial charge in [-0.05, 0) is 35.9 Å². The summed E-state index contributed by atoms with van der Waals surface area (Å²) in [7, 11) is 1.49. The maximum atomic E-state index is 13.8. The van der Waals surface area contributed by atoms with Crippen molar-refractivity contribution in [1.82, 2.24) is 0 Å². The van der Waals surface area contributed by atoms with Crippen molar-refractivity contribution in [1.29, 1.82) is 0 Å². The lowest BCUT2D eigenvalue weighted by atomic mass is 10.0. The molecule has 0 aromatic heterocycles. The minimum absolute atomic E-state index is 0.368. The highest BCUT2D eigenvalue weighted by atomic mass is 79.9. The molecule has 132 valence electrons. The first-order valence-corrected chi connectivity index (χ1v) is 8.47. The summed E-state index contributed by atoms with van der Waals surface area (Å²) in [5, 5.41) is 0. The van der Waals surface area contributed by atoms with E-state index in [1.54, 1.807) is 48.5 Å². The SMILES string of the molecule is COc1cccc(F)c1-c1cccc(C=O)c1.O=Cc1cccc(Br)c1. The number of methoxy groups -OCH3 is 1. The van der Waals surface area contributed by atoms with E-state index in [2.05, 4.69) is 15.9 Å². The summed E-state index contributed by atoms with van der Waals surface area (Å²) in [5.41, 5.74) is 2.21. The van der Waals surface area contributed by atoms with Gasteiger partial charge in [-0.3, -0.25) is 9.59 Å². The Hall–Kier alpha value is -2.79. The maximum absolute atomic E-state index is 13.8. The molecule has 26 heavy (non-hydrogen) atoms. The Balaban J connectivity index is 0.000000228. The molecule has 3 nitrogen and oxygen atoms in total. The van der Waals surface area contributed by atoms with Crippen molar-refractivity contribution < 1.29 is 18.7 Å². The van der Waals surface area contributed by atoms with Crippen molar-refractivity contribution >= 4 is 28.5 Å². The zero-order valence-corrected chi connectivity index (χ0v) is 15.6. The van der Waals surface area contributed by atoms with E-state index in [-0.39, 0.29) is 5.82 Å². The van der Waals surface area contributed by atoms with E-state index in [1.807, 2.05) is 12.1 Å². The number of halogens is 2. The van der Waals surface area contributed by atoms with Crippen LogP contribution in [0, 0.1) is 5.82 Å². The van der Waals surface area contributed by atoms with Gasteiger partial charge in [0.25, 0.3) is 0 Å². The second kappa shape index (κ2) is 9.63. The van der Waals surface area contributed by atoms with Crippen LogP contribution in [0.3, 0.4) is 0 Å². The number of rotatable bonds is 4. The second-order valence-electron chi connectivity index (χ2n) is 5.23. The van der Waals surface area contributed by atoms with E-state index in [9.17, 15) is 14.0 Å². The Bertz CT molecular complexity index is 909. The summed E-state index contributed by atoms with van der Waals surface area (Å²) in [5.74, 6) is 0.0837. The van der Waals surface area contributed by atoms with Crippen LogP contribution in [0.15, 0.2) is 71.2 Å². The van der Waals surface area contributed by atoms with Crippen molar-refractivity contribution in [3.63, 3.8) is 0 Å². The molecule has 0 saturated carbocycles. The Morgan fingerprint density at radius 3 is 2.08 bits per heavy atom. The predicted molar refractivity (Wildman–Crippen MR) is 103 cm³/mol. The molecule has 0 N–H and O–H groups in total. The molecule has 3 aromatic rings. The van der Waals surface area contributed by atoms with Crippen molar-refractivity contribution in [2.75, 3.05) is 7.11 Å². The maximum Gasteiger partial charge on any atom is 0.150 e. The third kappa shape index (κ3) is 5.10. The van der Waals surface area contributed by atoms with Crippen LogP contribution < -0.4 is 4.74 Å². The van der Waals surface area contributed by atoms with Crippen LogP contribution in [0.1, 0.15) is 20.7 Å². The third-order valence-electron chi connectivity index (χ3n) is 3.49. The van der Waals surface area contributed by atoms with Gasteiger partial charge < -0.3 is 4.74 Å². The van der Waals surface area contributed by atoms with Crippen LogP contribution >= 0.6 is 15.9 Å². The molecule has 0 saturated heterocycles. The first kappa shape index (κ1) is 19.5. The average molecular weight is 415 g/mol. The van der Waals surface area contributed by atoms with Gasteiger partial charge in [-0.15, -0.1) is 0 Å². The first-order chi connectivity index (χ1) is 12.6. The van der Waals surface area contributed by atoms with Crippen LogP contribution in [-0.2, 0) is 0 Å². The molecule has 0 aliphatic carbocycles. The van der Waals surface area contributed by atoms with E-state index < -0.39 is 0 Å². The van der Waals surface area contributed by atoms with Gasteiger partial charge in [0, 0.05) is 15.6 Å². The molecule has 0 spiro atoms. The molecule has 0 unspecified atom stereocenters. The summed E-state index contributed by atoms with van der Waals surface area (Å²) in [4.78, 5) is 20.8. The van der Waals surface area contributed by atoms with Gasteiger partial charge in [0.2, 0.25) is 0 Å². The lowest BCUT2D eigenvalue weighted by Gasteiger charge is -2.09. The Morgan fingerprint density at radius 2 is 1.50 bits per heavy atom. The minimum atomic E-state index is -0.368. The van der Waals surface area contributed by atoms with Crippen molar-refractivity contribution in [3.8, 4) is 16.9 Å². The molecule has 0 aliphatic heterocycles. The quantitative estimate of drug-likeness (QED) is 0.523. The summed E-state index contributed by atoms with van der Waals surface area (Å²) >= 11 is 3.24. The molecule has 3 aromatic carbocycles. The molecule has 0 fully saturated rings. The number of benzene rings is 3. The molecule has 0 heterocycles. The lowest BCUT2D eigenvalue weighted by Crippen LogP contribution is -1.92. The standard InChI is InChI=1S/C14H11FO2.C7H5BrO/c1-17-13-7-3-6-12(15)14(13)11-5-2-4-10(8-11)9-16;8-7-3-1-2-6(4-7)5-9/h2-9H,1H3;1-5H. The van der Waals surface area contributed by atoms with E-state index >= 15 is 0 Å². The number of hydrogen-bond acceptors (Lipinski definition) is 3. The smallest absolute Gasteiger partial charge is 0.150 e. The van der Waals surface area contributed by atoms with E-state index in [4.69, 9.17) is 4.74 Å².